The van der Waals surface area contributed by atoms with Crippen molar-refractivity contribution in [2.75, 3.05) is 19.5 Å². The molecule has 152 valence electrons. The lowest BCUT2D eigenvalue weighted by Crippen LogP contribution is -2.22. The Labute approximate surface area is 186 Å². The summed E-state index contributed by atoms with van der Waals surface area (Å²) in [6.07, 6.45) is 0. The van der Waals surface area contributed by atoms with E-state index in [9.17, 15) is 4.79 Å². The third-order valence-electron chi connectivity index (χ3n) is 4.47. The van der Waals surface area contributed by atoms with Crippen LogP contribution in [0.15, 0.2) is 87.2 Å². The molecule has 7 heteroatoms. The third-order valence-corrected chi connectivity index (χ3v) is 5.90. The van der Waals surface area contributed by atoms with E-state index in [0.717, 1.165) is 10.2 Å². The first-order valence-electron chi connectivity index (χ1n) is 9.34. The van der Waals surface area contributed by atoms with Gasteiger partial charge in [0.15, 0.2) is 5.16 Å². The van der Waals surface area contributed by atoms with Crippen LogP contribution < -0.4 is 15.0 Å². The first-order valence-corrected chi connectivity index (χ1v) is 11.1. The molecule has 0 radical (unpaired) electrons. The largest absolute Gasteiger partial charge is 0.495 e. The second-order valence-corrected chi connectivity index (χ2v) is 8.35. The van der Waals surface area contributed by atoms with E-state index in [1.807, 2.05) is 66.7 Å². The number of benzene rings is 3. The van der Waals surface area contributed by atoms with Crippen LogP contribution in [-0.4, -0.2) is 29.0 Å². The number of aromatic nitrogens is 2. The molecule has 0 amide bonds. The smallest absolute Gasteiger partial charge is 0.266 e. The van der Waals surface area contributed by atoms with Gasteiger partial charge in [-0.3, -0.25) is 9.36 Å². The summed E-state index contributed by atoms with van der Waals surface area (Å²) in [5.74, 6) is 2.05. The van der Waals surface area contributed by atoms with Crippen molar-refractivity contribution in [3.63, 3.8) is 0 Å². The molecule has 1 heterocycles. The minimum absolute atomic E-state index is 0.124. The number of fused-ring (bicyclic) bond motifs is 1. The molecular weight excluding hydrogens is 464 g/mol. The van der Waals surface area contributed by atoms with Crippen molar-refractivity contribution in [3.8, 4) is 17.2 Å². The zero-order chi connectivity index (χ0) is 20.9. The Hall–Kier alpha value is -2.77. The summed E-state index contributed by atoms with van der Waals surface area (Å²) in [6.45, 7) is 0.487. The van der Waals surface area contributed by atoms with Gasteiger partial charge in [0.25, 0.3) is 5.56 Å². The molecule has 0 bridgehead atoms. The van der Waals surface area contributed by atoms with Crippen molar-refractivity contribution in [3.05, 3.63) is 87.6 Å². The minimum atomic E-state index is -0.124. The summed E-state index contributed by atoms with van der Waals surface area (Å²) in [5, 5.41) is 1.17. The molecule has 5 nitrogen and oxygen atoms in total. The molecule has 0 atom stereocenters. The van der Waals surface area contributed by atoms with Gasteiger partial charge in [-0.15, -0.1) is 0 Å². The Bertz CT molecular complexity index is 1230. The predicted octanol–water partition coefficient (Wildman–Crippen LogP) is 5.33. The van der Waals surface area contributed by atoms with Gasteiger partial charge >= 0.3 is 0 Å². The third kappa shape index (κ3) is 4.37. The second kappa shape index (κ2) is 9.36. The monoisotopic (exact) mass is 482 g/mol. The highest BCUT2D eigenvalue weighted by atomic mass is 79.9. The maximum atomic E-state index is 13.3. The van der Waals surface area contributed by atoms with Gasteiger partial charge < -0.3 is 9.47 Å². The first kappa shape index (κ1) is 20.5. The van der Waals surface area contributed by atoms with Crippen molar-refractivity contribution >= 4 is 38.6 Å². The number of thioether (sulfide) groups is 1. The molecule has 0 aliphatic rings. The summed E-state index contributed by atoms with van der Waals surface area (Å²) < 4.78 is 13.9. The Morgan fingerprint density at radius 2 is 1.73 bits per heavy atom. The molecular formula is C23H19BrN2O3S. The van der Waals surface area contributed by atoms with Crippen LogP contribution in [0.5, 0.6) is 11.5 Å². The number of hydrogen-bond donors (Lipinski definition) is 0. The normalized spacial score (nSPS) is 10.9. The van der Waals surface area contributed by atoms with Gasteiger partial charge in [-0.2, -0.15) is 0 Å². The van der Waals surface area contributed by atoms with Gasteiger partial charge in [-0.05, 0) is 48.5 Å². The molecule has 0 aliphatic carbocycles. The van der Waals surface area contributed by atoms with Crippen molar-refractivity contribution in [2.45, 2.75) is 5.16 Å². The topological polar surface area (TPSA) is 53.4 Å². The van der Waals surface area contributed by atoms with E-state index in [4.69, 9.17) is 14.5 Å². The standard InChI is InChI=1S/C23H19BrN2O3S/c1-28-21-9-5-4-8-20(21)26-22(27)18-6-2-3-7-19(18)25-23(26)30-15-14-29-17-12-10-16(24)11-13-17/h2-13H,14-15H2,1H3. The molecule has 0 fully saturated rings. The van der Waals surface area contributed by atoms with Crippen LogP contribution in [0.25, 0.3) is 16.6 Å². The maximum absolute atomic E-state index is 13.3. The Morgan fingerprint density at radius 1 is 1.00 bits per heavy atom. The zero-order valence-electron chi connectivity index (χ0n) is 16.2. The molecule has 0 saturated heterocycles. The highest BCUT2D eigenvalue weighted by Gasteiger charge is 2.16. The molecule has 4 aromatic rings. The fraction of sp³-hybridized carbons (Fsp3) is 0.130. The summed E-state index contributed by atoms with van der Waals surface area (Å²) in [4.78, 5) is 18.1. The van der Waals surface area contributed by atoms with Crippen LogP contribution >= 0.6 is 27.7 Å². The van der Waals surface area contributed by atoms with Crippen molar-refractivity contribution < 1.29 is 9.47 Å². The van der Waals surface area contributed by atoms with Crippen LogP contribution in [0.1, 0.15) is 0 Å². The average Bonchev–Trinajstić information content (AvgIpc) is 2.78. The van der Waals surface area contributed by atoms with Gasteiger partial charge in [0.2, 0.25) is 0 Å². The fourth-order valence-corrected chi connectivity index (χ4v) is 4.15. The van der Waals surface area contributed by atoms with Crippen molar-refractivity contribution in [2.24, 2.45) is 0 Å². The molecule has 1 aromatic heterocycles. The van der Waals surface area contributed by atoms with E-state index in [1.54, 1.807) is 17.7 Å². The summed E-state index contributed by atoms with van der Waals surface area (Å²) in [7, 11) is 1.59. The van der Waals surface area contributed by atoms with Gasteiger partial charge in [-0.25, -0.2) is 4.98 Å². The SMILES string of the molecule is COc1ccccc1-n1c(SCCOc2ccc(Br)cc2)nc2ccccc2c1=O. The molecule has 0 spiro atoms. The number of rotatable bonds is 7. The first-order chi connectivity index (χ1) is 14.7. The van der Waals surface area contributed by atoms with Crippen LogP contribution in [0.3, 0.4) is 0 Å². The van der Waals surface area contributed by atoms with Gasteiger partial charge in [0.1, 0.15) is 11.5 Å². The highest BCUT2D eigenvalue weighted by Crippen LogP contribution is 2.27. The Kier molecular flexibility index (Phi) is 6.40. The molecule has 3 aromatic carbocycles. The number of ether oxygens (including phenoxy) is 2. The zero-order valence-corrected chi connectivity index (χ0v) is 18.7. The lowest BCUT2D eigenvalue weighted by atomic mass is 10.2. The maximum Gasteiger partial charge on any atom is 0.266 e. The van der Waals surface area contributed by atoms with Crippen LogP contribution in [0.4, 0.5) is 0 Å². The van der Waals surface area contributed by atoms with E-state index in [-0.39, 0.29) is 5.56 Å². The van der Waals surface area contributed by atoms with Crippen LogP contribution in [-0.2, 0) is 0 Å². The summed E-state index contributed by atoms with van der Waals surface area (Å²) >= 11 is 4.89. The number of hydrogen-bond acceptors (Lipinski definition) is 5. The minimum Gasteiger partial charge on any atom is -0.495 e. The van der Waals surface area contributed by atoms with Gasteiger partial charge in [-0.1, -0.05) is 52.0 Å². The summed E-state index contributed by atoms with van der Waals surface area (Å²) in [6, 6.07) is 22.5. The van der Waals surface area contributed by atoms with Crippen LogP contribution in [0, 0.1) is 0 Å². The van der Waals surface area contributed by atoms with E-state index in [2.05, 4.69) is 15.9 Å². The molecule has 0 N–H and O–H groups in total. The number of nitrogens with zero attached hydrogens (tertiary/aromatic N) is 2. The number of para-hydroxylation sites is 3. The van der Waals surface area contributed by atoms with E-state index in [1.165, 1.54) is 11.8 Å². The molecule has 0 aliphatic heterocycles. The van der Waals surface area contributed by atoms with Crippen molar-refractivity contribution in [1.29, 1.82) is 0 Å². The quantitative estimate of drug-likeness (QED) is 0.202. The summed E-state index contributed by atoms with van der Waals surface area (Å²) in [5.41, 5.74) is 1.21. The van der Waals surface area contributed by atoms with E-state index in [0.29, 0.717) is 39.9 Å². The fourth-order valence-electron chi connectivity index (χ4n) is 3.06. The molecule has 30 heavy (non-hydrogen) atoms. The molecule has 0 saturated carbocycles. The Morgan fingerprint density at radius 3 is 2.53 bits per heavy atom. The van der Waals surface area contributed by atoms with Crippen LogP contribution in [0.2, 0.25) is 0 Å². The van der Waals surface area contributed by atoms with Crippen molar-refractivity contribution in [1.82, 2.24) is 9.55 Å². The van der Waals surface area contributed by atoms with Gasteiger partial charge in [0, 0.05) is 10.2 Å². The van der Waals surface area contributed by atoms with E-state index >= 15 is 0 Å². The molecule has 4 rings (SSSR count). The lowest BCUT2D eigenvalue weighted by Gasteiger charge is -2.15. The second-order valence-electron chi connectivity index (χ2n) is 6.37. The predicted molar refractivity (Wildman–Crippen MR) is 124 cm³/mol. The average molecular weight is 483 g/mol. The Balaban J connectivity index is 1.65. The number of methoxy groups -OCH3 is 1. The van der Waals surface area contributed by atoms with Gasteiger partial charge in [0.05, 0.1) is 30.3 Å². The molecule has 0 unspecified atom stereocenters. The lowest BCUT2D eigenvalue weighted by molar-refractivity contribution is 0.344. The van der Waals surface area contributed by atoms with E-state index < -0.39 is 0 Å². The number of halogens is 1. The highest BCUT2D eigenvalue weighted by molar-refractivity contribution is 9.10.